The number of piperidine rings is 1. The van der Waals surface area contributed by atoms with Gasteiger partial charge in [0.25, 0.3) is 0 Å². The van der Waals surface area contributed by atoms with Gasteiger partial charge in [-0.1, -0.05) is 12.1 Å². The number of carbonyl (C=O) groups is 1. The van der Waals surface area contributed by atoms with E-state index in [4.69, 9.17) is 0 Å². The Bertz CT molecular complexity index is 685. The predicted molar refractivity (Wildman–Crippen MR) is 84.4 cm³/mol. The van der Waals surface area contributed by atoms with Crippen LogP contribution in [0, 0.1) is 5.82 Å². The molecule has 0 unspecified atom stereocenters. The first kappa shape index (κ1) is 15.4. The van der Waals surface area contributed by atoms with Crippen LogP contribution in [0.3, 0.4) is 0 Å². The Labute approximate surface area is 133 Å². The van der Waals surface area contributed by atoms with Crippen molar-refractivity contribution in [3.05, 3.63) is 60.2 Å². The number of aliphatic hydroxyl groups is 1. The van der Waals surface area contributed by atoms with Crippen molar-refractivity contribution in [2.75, 3.05) is 18.4 Å². The van der Waals surface area contributed by atoms with Crippen LogP contribution in [0.4, 0.5) is 14.9 Å². The minimum atomic E-state index is -0.954. The van der Waals surface area contributed by atoms with Crippen LogP contribution in [0.2, 0.25) is 0 Å². The van der Waals surface area contributed by atoms with E-state index < -0.39 is 11.4 Å². The summed E-state index contributed by atoms with van der Waals surface area (Å²) < 4.78 is 13.1. The number of aromatic nitrogens is 1. The second kappa shape index (κ2) is 6.34. The number of hydrogen-bond acceptors (Lipinski definition) is 3. The minimum Gasteiger partial charge on any atom is -0.385 e. The van der Waals surface area contributed by atoms with Crippen LogP contribution in [-0.4, -0.2) is 34.1 Å². The van der Waals surface area contributed by atoms with Gasteiger partial charge in [0.15, 0.2) is 0 Å². The number of urea groups is 1. The maximum atomic E-state index is 13.1. The largest absolute Gasteiger partial charge is 0.385 e. The number of pyridine rings is 1. The lowest BCUT2D eigenvalue weighted by atomic mass is 9.85. The Balaban J connectivity index is 1.61. The molecular weight excluding hydrogens is 297 g/mol. The zero-order valence-electron chi connectivity index (χ0n) is 12.6. The monoisotopic (exact) mass is 315 g/mol. The fourth-order valence-electron chi connectivity index (χ4n) is 2.78. The number of nitrogens with zero attached hydrogens (tertiary/aromatic N) is 2. The Kier molecular flexibility index (Phi) is 4.25. The normalized spacial score (nSPS) is 16.9. The van der Waals surface area contributed by atoms with E-state index in [0.717, 1.165) is 5.56 Å². The zero-order chi connectivity index (χ0) is 16.3. The van der Waals surface area contributed by atoms with Crippen molar-refractivity contribution in [1.29, 1.82) is 0 Å². The molecule has 0 atom stereocenters. The number of anilines is 1. The molecule has 5 nitrogen and oxygen atoms in total. The molecule has 1 aromatic carbocycles. The summed E-state index contributed by atoms with van der Waals surface area (Å²) in [5, 5.41) is 13.4. The molecule has 23 heavy (non-hydrogen) atoms. The van der Waals surface area contributed by atoms with E-state index in [2.05, 4.69) is 10.3 Å². The molecule has 0 saturated carbocycles. The third-order valence-electron chi connectivity index (χ3n) is 4.15. The lowest BCUT2D eigenvalue weighted by Gasteiger charge is -2.38. The van der Waals surface area contributed by atoms with Crippen molar-refractivity contribution in [2.24, 2.45) is 0 Å². The highest BCUT2D eigenvalue weighted by Gasteiger charge is 2.35. The van der Waals surface area contributed by atoms with E-state index in [1.54, 1.807) is 35.5 Å². The molecule has 1 aliphatic heterocycles. The van der Waals surface area contributed by atoms with E-state index in [-0.39, 0.29) is 6.03 Å². The van der Waals surface area contributed by atoms with E-state index in [0.29, 0.717) is 31.6 Å². The topological polar surface area (TPSA) is 65.5 Å². The molecule has 0 spiro atoms. The third kappa shape index (κ3) is 3.48. The van der Waals surface area contributed by atoms with Gasteiger partial charge in [0.05, 0.1) is 5.60 Å². The summed E-state index contributed by atoms with van der Waals surface area (Å²) in [4.78, 5) is 17.9. The molecule has 2 N–H and O–H groups in total. The number of nitrogens with one attached hydrogen (secondary N) is 1. The Morgan fingerprint density at radius 3 is 2.70 bits per heavy atom. The molecule has 1 aromatic heterocycles. The fraction of sp³-hybridized carbons (Fsp3) is 0.294. The van der Waals surface area contributed by atoms with E-state index >= 15 is 0 Å². The SMILES string of the molecule is O=C(Nc1cccc(F)c1)N1CCC(O)(c2cccnc2)CC1. The fourth-order valence-corrected chi connectivity index (χ4v) is 2.78. The maximum absolute atomic E-state index is 13.1. The van der Waals surface area contributed by atoms with Crippen LogP contribution in [-0.2, 0) is 5.60 Å². The third-order valence-corrected chi connectivity index (χ3v) is 4.15. The predicted octanol–water partition coefficient (Wildman–Crippen LogP) is 2.74. The van der Waals surface area contributed by atoms with Crippen molar-refractivity contribution in [3.63, 3.8) is 0 Å². The maximum Gasteiger partial charge on any atom is 0.321 e. The average Bonchev–Trinajstić information content (AvgIpc) is 2.56. The van der Waals surface area contributed by atoms with Gasteiger partial charge >= 0.3 is 6.03 Å². The summed E-state index contributed by atoms with van der Waals surface area (Å²) in [6.07, 6.45) is 4.20. The Morgan fingerprint density at radius 1 is 1.26 bits per heavy atom. The molecule has 0 bridgehead atoms. The van der Waals surface area contributed by atoms with Crippen LogP contribution >= 0.6 is 0 Å². The highest BCUT2D eigenvalue weighted by Crippen LogP contribution is 2.32. The molecule has 3 rings (SSSR count). The molecule has 2 amide bonds. The molecule has 0 radical (unpaired) electrons. The number of benzene rings is 1. The lowest BCUT2D eigenvalue weighted by Crippen LogP contribution is -2.46. The van der Waals surface area contributed by atoms with Crippen molar-refractivity contribution in [2.45, 2.75) is 18.4 Å². The van der Waals surface area contributed by atoms with Gasteiger partial charge in [-0.3, -0.25) is 4.98 Å². The van der Waals surface area contributed by atoms with Gasteiger partial charge in [-0.15, -0.1) is 0 Å². The zero-order valence-corrected chi connectivity index (χ0v) is 12.6. The molecule has 0 aliphatic carbocycles. The van der Waals surface area contributed by atoms with Gasteiger partial charge in [-0.2, -0.15) is 0 Å². The molecule has 1 fully saturated rings. The number of halogens is 1. The summed E-state index contributed by atoms with van der Waals surface area (Å²) in [6, 6.07) is 9.12. The second-order valence-electron chi connectivity index (χ2n) is 5.70. The first-order chi connectivity index (χ1) is 11.1. The van der Waals surface area contributed by atoms with Crippen molar-refractivity contribution >= 4 is 11.7 Å². The van der Waals surface area contributed by atoms with Gasteiger partial charge in [0.1, 0.15) is 5.82 Å². The highest BCUT2D eigenvalue weighted by molar-refractivity contribution is 5.89. The molecule has 1 aliphatic rings. The number of rotatable bonds is 2. The van der Waals surface area contributed by atoms with Gasteiger partial charge in [0.2, 0.25) is 0 Å². The van der Waals surface area contributed by atoms with E-state index in [1.807, 2.05) is 6.07 Å². The molecule has 1 saturated heterocycles. The number of amides is 2. The average molecular weight is 315 g/mol. The van der Waals surface area contributed by atoms with Crippen molar-refractivity contribution in [3.8, 4) is 0 Å². The number of hydrogen-bond donors (Lipinski definition) is 2. The van der Waals surface area contributed by atoms with Crippen LogP contribution in [0.5, 0.6) is 0 Å². The molecule has 6 heteroatoms. The lowest BCUT2D eigenvalue weighted by molar-refractivity contribution is -0.0159. The molecule has 2 aromatic rings. The second-order valence-corrected chi connectivity index (χ2v) is 5.70. The van der Waals surface area contributed by atoms with Gasteiger partial charge in [0, 0.05) is 36.7 Å². The van der Waals surface area contributed by atoms with Crippen LogP contribution in [0.15, 0.2) is 48.8 Å². The quantitative estimate of drug-likeness (QED) is 0.895. The van der Waals surface area contributed by atoms with Gasteiger partial charge < -0.3 is 15.3 Å². The van der Waals surface area contributed by atoms with Crippen LogP contribution in [0.1, 0.15) is 18.4 Å². The smallest absolute Gasteiger partial charge is 0.321 e. The van der Waals surface area contributed by atoms with Crippen molar-refractivity contribution < 1.29 is 14.3 Å². The van der Waals surface area contributed by atoms with Crippen molar-refractivity contribution in [1.82, 2.24) is 9.88 Å². The molecule has 120 valence electrons. The number of carbonyl (C=O) groups excluding carboxylic acids is 1. The van der Waals surface area contributed by atoms with Crippen LogP contribution < -0.4 is 5.32 Å². The van der Waals surface area contributed by atoms with E-state index in [9.17, 15) is 14.3 Å². The minimum absolute atomic E-state index is 0.288. The van der Waals surface area contributed by atoms with Gasteiger partial charge in [-0.05, 0) is 37.1 Å². The summed E-state index contributed by atoms with van der Waals surface area (Å²) in [6.45, 7) is 0.846. The van der Waals surface area contributed by atoms with E-state index in [1.165, 1.54) is 12.1 Å². The molecule has 2 heterocycles. The molecular formula is C17H18FN3O2. The summed E-state index contributed by atoms with van der Waals surface area (Å²) in [7, 11) is 0. The summed E-state index contributed by atoms with van der Waals surface area (Å²) in [5.41, 5.74) is 0.234. The summed E-state index contributed by atoms with van der Waals surface area (Å²) >= 11 is 0. The Hall–Kier alpha value is -2.47. The first-order valence-electron chi connectivity index (χ1n) is 7.51. The Morgan fingerprint density at radius 2 is 2.04 bits per heavy atom. The summed E-state index contributed by atoms with van der Waals surface area (Å²) in [5.74, 6) is -0.396. The highest BCUT2D eigenvalue weighted by atomic mass is 19.1. The number of likely N-dealkylation sites (tertiary alicyclic amines) is 1. The van der Waals surface area contributed by atoms with Crippen LogP contribution in [0.25, 0.3) is 0 Å². The standard InChI is InChI=1S/C17H18FN3O2/c18-14-4-1-5-15(11-14)20-16(22)21-9-6-17(23,7-10-21)13-3-2-8-19-12-13/h1-5,8,11-12,23H,6-7,9-10H2,(H,20,22). The first-order valence-corrected chi connectivity index (χ1v) is 7.51. The van der Waals surface area contributed by atoms with Gasteiger partial charge in [-0.25, -0.2) is 9.18 Å².